The van der Waals surface area contributed by atoms with Crippen LogP contribution in [0.2, 0.25) is 5.15 Å². The summed E-state index contributed by atoms with van der Waals surface area (Å²) in [5.74, 6) is -1.34. The molecule has 0 unspecified atom stereocenters. The molecule has 1 saturated carbocycles. The van der Waals surface area contributed by atoms with Crippen molar-refractivity contribution in [2.75, 3.05) is 6.61 Å². The van der Waals surface area contributed by atoms with Crippen LogP contribution in [0.1, 0.15) is 36.0 Å². The number of nitrogens with zero attached hydrogens (tertiary/aromatic N) is 1. The quantitative estimate of drug-likeness (QED) is 0.632. The Kier molecular flexibility index (Phi) is 5.68. The van der Waals surface area contributed by atoms with Crippen molar-refractivity contribution in [1.82, 2.24) is 15.6 Å². The molecule has 0 atom stereocenters. The van der Waals surface area contributed by atoms with Crippen molar-refractivity contribution in [2.24, 2.45) is 0 Å². The lowest BCUT2D eigenvalue weighted by molar-refractivity contribution is -0.123. The molecule has 0 radical (unpaired) electrons. The van der Waals surface area contributed by atoms with Gasteiger partial charge in [-0.15, -0.1) is 0 Å². The molecule has 1 fully saturated rings. The highest BCUT2D eigenvalue weighted by molar-refractivity contribution is 6.29. The van der Waals surface area contributed by atoms with E-state index in [4.69, 9.17) is 16.3 Å². The molecular weight excluding hydrogens is 358 g/mol. The van der Waals surface area contributed by atoms with Crippen LogP contribution in [0, 0.1) is 0 Å². The molecule has 3 amide bonds. The van der Waals surface area contributed by atoms with Crippen LogP contribution in [0.3, 0.4) is 0 Å². The van der Waals surface area contributed by atoms with Crippen molar-refractivity contribution in [3.63, 3.8) is 0 Å². The summed E-state index contributed by atoms with van der Waals surface area (Å²) in [6.45, 7) is -0.534. The predicted molar refractivity (Wildman–Crippen MR) is 96.0 cm³/mol. The maximum atomic E-state index is 12.1. The topological polar surface area (TPSA) is 97.4 Å². The third-order valence-corrected chi connectivity index (χ3v) is 4.38. The first-order chi connectivity index (χ1) is 12.5. The molecule has 1 aromatic heterocycles. The Labute approximate surface area is 155 Å². The van der Waals surface area contributed by atoms with E-state index in [0.717, 1.165) is 31.1 Å². The van der Waals surface area contributed by atoms with Gasteiger partial charge < -0.3 is 10.1 Å². The summed E-state index contributed by atoms with van der Waals surface area (Å²) in [4.78, 5) is 39.6. The van der Waals surface area contributed by atoms with E-state index in [-0.39, 0.29) is 11.6 Å². The number of amides is 3. The van der Waals surface area contributed by atoms with E-state index >= 15 is 0 Å². The average Bonchev–Trinajstić information content (AvgIpc) is 3.12. The molecule has 26 heavy (non-hydrogen) atoms. The summed E-state index contributed by atoms with van der Waals surface area (Å²) in [7, 11) is 0. The molecule has 136 valence electrons. The van der Waals surface area contributed by atoms with Crippen molar-refractivity contribution in [2.45, 2.75) is 31.7 Å². The largest absolute Gasteiger partial charge is 0.452 e. The van der Waals surface area contributed by atoms with Crippen LogP contribution >= 0.6 is 11.6 Å². The third-order valence-electron chi connectivity index (χ3n) is 4.17. The molecule has 1 aliphatic rings. The molecule has 0 aliphatic heterocycles. The van der Waals surface area contributed by atoms with Gasteiger partial charge in [-0.3, -0.25) is 10.1 Å². The molecule has 1 aliphatic carbocycles. The van der Waals surface area contributed by atoms with Gasteiger partial charge in [0.1, 0.15) is 5.15 Å². The maximum absolute atomic E-state index is 12.1. The number of hydrogen-bond donors (Lipinski definition) is 2. The lowest BCUT2D eigenvalue weighted by Crippen LogP contribution is -2.44. The van der Waals surface area contributed by atoms with Crippen molar-refractivity contribution >= 4 is 40.4 Å². The molecule has 2 N–H and O–H groups in total. The smallest absolute Gasteiger partial charge is 0.338 e. The first-order valence-electron chi connectivity index (χ1n) is 8.35. The van der Waals surface area contributed by atoms with E-state index in [1.165, 1.54) is 0 Å². The van der Waals surface area contributed by atoms with E-state index in [9.17, 15) is 14.4 Å². The minimum absolute atomic E-state index is 0.102. The molecule has 0 bridgehead atoms. The number of carbonyl (C=O) groups is 3. The number of rotatable bonds is 4. The van der Waals surface area contributed by atoms with Crippen molar-refractivity contribution in [3.8, 4) is 0 Å². The highest BCUT2D eigenvalue weighted by Crippen LogP contribution is 2.18. The second-order valence-corrected chi connectivity index (χ2v) is 6.51. The number of carbonyl (C=O) groups excluding carboxylic acids is 3. The van der Waals surface area contributed by atoms with Gasteiger partial charge in [-0.05, 0) is 43.2 Å². The number of hydrogen-bond acceptors (Lipinski definition) is 5. The lowest BCUT2D eigenvalue weighted by Gasteiger charge is -2.12. The van der Waals surface area contributed by atoms with Gasteiger partial charge in [0.2, 0.25) is 0 Å². The van der Waals surface area contributed by atoms with E-state index in [0.29, 0.717) is 10.7 Å². The zero-order valence-corrected chi connectivity index (χ0v) is 14.7. The van der Waals surface area contributed by atoms with Crippen LogP contribution in [0.25, 0.3) is 10.9 Å². The zero-order chi connectivity index (χ0) is 18.5. The Bertz CT molecular complexity index is 849. The Hall–Kier alpha value is -2.67. The van der Waals surface area contributed by atoms with Crippen LogP contribution in [0.4, 0.5) is 4.79 Å². The second kappa shape index (κ2) is 8.14. The van der Waals surface area contributed by atoms with E-state index in [1.54, 1.807) is 30.3 Å². The van der Waals surface area contributed by atoms with Crippen LogP contribution < -0.4 is 10.6 Å². The fourth-order valence-electron chi connectivity index (χ4n) is 2.90. The molecule has 1 aromatic carbocycles. The number of urea groups is 1. The van der Waals surface area contributed by atoms with Gasteiger partial charge in [0, 0.05) is 11.4 Å². The van der Waals surface area contributed by atoms with Gasteiger partial charge in [0.25, 0.3) is 5.91 Å². The Morgan fingerprint density at radius 1 is 1.15 bits per heavy atom. The second-order valence-electron chi connectivity index (χ2n) is 6.12. The maximum Gasteiger partial charge on any atom is 0.338 e. The molecule has 0 saturated heterocycles. The molecule has 8 heteroatoms. The number of aromatic nitrogens is 1. The normalized spacial score (nSPS) is 14.2. The van der Waals surface area contributed by atoms with Crippen LogP contribution in [0.5, 0.6) is 0 Å². The Morgan fingerprint density at radius 3 is 2.69 bits per heavy atom. The number of halogens is 1. The van der Waals surface area contributed by atoms with Crippen molar-refractivity contribution < 1.29 is 19.1 Å². The first kappa shape index (κ1) is 18.1. The number of fused-ring (bicyclic) bond motifs is 1. The van der Waals surface area contributed by atoms with Crippen molar-refractivity contribution in [3.05, 3.63) is 41.0 Å². The summed E-state index contributed by atoms with van der Waals surface area (Å²) in [5, 5.41) is 5.97. The van der Waals surface area contributed by atoms with Gasteiger partial charge in [0.05, 0.1) is 11.1 Å². The molecule has 1 heterocycles. The number of benzene rings is 1. The minimum atomic E-state index is -0.678. The number of nitrogens with one attached hydrogen (secondary N) is 2. The molecule has 7 nitrogen and oxygen atoms in total. The van der Waals surface area contributed by atoms with Gasteiger partial charge in [-0.25, -0.2) is 14.6 Å². The first-order valence-corrected chi connectivity index (χ1v) is 8.73. The fourth-order valence-corrected chi connectivity index (χ4v) is 3.05. The van der Waals surface area contributed by atoms with Gasteiger partial charge >= 0.3 is 12.0 Å². The predicted octanol–water partition coefficient (Wildman–Crippen LogP) is 2.81. The molecule has 2 aromatic rings. The van der Waals surface area contributed by atoms with Crippen LogP contribution in [-0.4, -0.2) is 35.5 Å². The number of pyridine rings is 1. The summed E-state index contributed by atoms with van der Waals surface area (Å²) >= 11 is 5.82. The number of ether oxygens (including phenoxy) is 1. The summed E-state index contributed by atoms with van der Waals surface area (Å²) in [6, 6.07) is 7.69. The number of imide groups is 1. The monoisotopic (exact) mass is 375 g/mol. The van der Waals surface area contributed by atoms with Crippen LogP contribution in [0.15, 0.2) is 30.3 Å². The van der Waals surface area contributed by atoms with Gasteiger partial charge in [-0.1, -0.05) is 24.4 Å². The molecular formula is C18H18ClN3O4. The van der Waals surface area contributed by atoms with Gasteiger partial charge in [-0.2, -0.15) is 0 Å². The highest BCUT2D eigenvalue weighted by Gasteiger charge is 2.19. The average molecular weight is 376 g/mol. The Balaban J connectivity index is 1.50. The highest BCUT2D eigenvalue weighted by atomic mass is 35.5. The van der Waals surface area contributed by atoms with Crippen LogP contribution in [-0.2, 0) is 9.53 Å². The third kappa shape index (κ3) is 4.70. The Morgan fingerprint density at radius 2 is 1.92 bits per heavy atom. The fraction of sp³-hybridized carbons (Fsp3) is 0.333. The van der Waals surface area contributed by atoms with E-state index in [2.05, 4.69) is 15.6 Å². The molecule has 3 rings (SSSR count). The summed E-state index contributed by atoms with van der Waals surface area (Å²) in [6.07, 6.45) is 3.98. The van der Waals surface area contributed by atoms with E-state index in [1.807, 2.05) is 0 Å². The zero-order valence-electron chi connectivity index (χ0n) is 14.0. The minimum Gasteiger partial charge on any atom is -0.452 e. The lowest BCUT2D eigenvalue weighted by atomic mass is 10.1. The van der Waals surface area contributed by atoms with Gasteiger partial charge in [0.15, 0.2) is 6.61 Å². The SMILES string of the molecule is O=C(COC(=O)c1ccc2nc(Cl)ccc2c1)NC(=O)NC1CCCC1. The summed E-state index contributed by atoms with van der Waals surface area (Å²) in [5.41, 5.74) is 0.931. The standard InChI is InChI=1S/C18H18ClN3O4/c19-15-8-6-11-9-12(5-7-14(11)21-15)17(24)26-10-16(23)22-18(25)20-13-3-1-2-4-13/h5-9,13H,1-4,10H2,(H2,20,22,23,25). The van der Waals surface area contributed by atoms with Crippen molar-refractivity contribution in [1.29, 1.82) is 0 Å². The van der Waals surface area contributed by atoms with E-state index < -0.39 is 24.5 Å². The number of esters is 1. The molecule has 0 spiro atoms. The summed E-state index contributed by atoms with van der Waals surface area (Å²) < 4.78 is 4.96.